The molecule has 1 aliphatic heterocycles. The summed E-state index contributed by atoms with van der Waals surface area (Å²) >= 11 is 0. The molecule has 0 radical (unpaired) electrons. The highest BCUT2D eigenvalue weighted by atomic mass is 19.1. The van der Waals surface area contributed by atoms with Crippen molar-refractivity contribution in [2.45, 2.75) is 19.4 Å². The van der Waals surface area contributed by atoms with Crippen molar-refractivity contribution in [2.24, 2.45) is 5.10 Å². The Hall–Kier alpha value is -3.42. The van der Waals surface area contributed by atoms with E-state index in [9.17, 15) is 14.0 Å². The topological polar surface area (TPSA) is 74.2 Å². The minimum atomic E-state index is -0.333. The minimum Gasteiger partial charge on any atom is -0.497 e. The standard InChI is InChI=1S/C22H25FN4O3/c1-4-24-22(29)26(2)14-21(28)27-20(16-7-11-18(30-3)12-8-16)13-19(25-27)15-5-9-17(23)10-6-15/h5-12,20H,4,13-14H2,1-3H3,(H,24,29)/t20-/m1/s1. The van der Waals surface area contributed by atoms with E-state index in [1.165, 1.54) is 22.0 Å². The van der Waals surface area contributed by atoms with Gasteiger partial charge in [-0.3, -0.25) is 4.79 Å². The molecule has 0 saturated carbocycles. The summed E-state index contributed by atoms with van der Waals surface area (Å²) in [5.41, 5.74) is 2.33. The summed E-state index contributed by atoms with van der Waals surface area (Å²) in [5, 5.41) is 8.62. The number of carbonyl (C=O) groups excluding carboxylic acids is 2. The second-order valence-corrected chi connectivity index (χ2v) is 6.98. The fourth-order valence-corrected chi connectivity index (χ4v) is 3.28. The van der Waals surface area contributed by atoms with Crippen LogP contribution in [0.4, 0.5) is 9.18 Å². The summed E-state index contributed by atoms with van der Waals surface area (Å²) in [6, 6.07) is 12.8. The van der Waals surface area contributed by atoms with E-state index in [0.717, 1.165) is 11.1 Å². The maximum absolute atomic E-state index is 13.3. The zero-order valence-corrected chi connectivity index (χ0v) is 17.3. The van der Waals surface area contributed by atoms with E-state index in [-0.39, 0.29) is 30.3 Å². The summed E-state index contributed by atoms with van der Waals surface area (Å²) in [4.78, 5) is 26.3. The highest BCUT2D eigenvalue weighted by Gasteiger charge is 2.33. The van der Waals surface area contributed by atoms with E-state index in [0.29, 0.717) is 24.4 Å². The van der Waals surface area contributed by atoms with Crippen molar-refractivity contribution in [1.29, 1.82) is 0 Å². The van der Waals surface area contributed by atoms with Gasteiger partial charge in [0.15, 0.2) is 0 Å². The third kappa shape index (κ3) is 4.76. The van der Waals surface area contributed by atoms with Crippen molar-refractivity contribution in [3.63, 3.8) is 0 Å². The number of hydrazone groups is 1. The number of nitrogens with zero attached hydrogens (tertiary/aromatic N) is 3. The Morgan fingerprint density at radius 2 is 1.87 bits per heavy atom. The predicted molar refractivity (Wildman–Crippen MR) is 112 cm³/mol. The van der Waals surface area contributed by atoms with Crippen molar-refractivity contribution < 1.29 is 18.7 Å². The van der Waals surface area contributed by atoms with Crippen LogP contribution in [0.2, 0.25) is 0 Å². The number of amides is 3. The average Bonchev–Trinajstić information content (AvgIpc) is 3.20. The van der Waals surface area contributed by atoms with Crippen LogP contribution in [-0.2, 0) is 4.79 Å². The second kappa shape index (κ2) is 9.39. The van der Waals surface area contributed by atoms with Crippen molar-refractivity contribution >= 4 is 17.6 Å². The van der Waals surface area contributed by atoms with Crippen molar-refractivity contribution in [1.82, 2.24) is 15.2 Å². The van der Waals surface area contributed by atoms with Crippen LogP contribution in [0.5, 0.6) is 5.75 Å². The molecule has 0 fully saturated rings. The van der Waals surface area contributed by atoms with Crippen LogP contribution in [0, 0.1) is 5.82 Å². The summed E-state index contributed by atoms with van der Waals surface area (Å²) in [6.07, 6.45) is 0.481. The highest BCUT2D eigenvalue weighted by molar-refractivity contribution is 6.03. The van der Waals surface area contributed by atoms with E-state index < -0.39 is 0 Å². The average molecular weight is 412 g/mol. The molecule has 3 rings (SSSR count). The number of halogens is 1. The maximum Gasteiger partial charge on any atom is 0.317 e. The van der Waals surface area contributed by atoms with Gasteiger partial charge >= 0.3 is 6.03 Å². The first-order valence-corrected chi connectivity index (χ1v) is 9.71. The number of ether oxygens (including phenoxy) is 1. The summed E-state index contributed by atoms with van der Waals surface area (Å²) in [6.45, 7) is 2.17. The van der Waals surface area contributed by atoms with Crippen LogP contribution in [0.1, 0.15) is 30.5 Å². The van der Waals surface area contributed by atoms with Crippen molar-refractivity contribution in [3.8, 4) is 5.75 Å². The van der Waals surface area contributed by atoms with Gasteiger partial charge in [-0.2, -0.15) is 5.10 Å². The van der Waals surface area contributed by atoms with Crippen LogP contribution in [0.3, 0.4) is 0 Å². The summed E-state index contributed by atoms with van der Waals surface area (Å²) < 4.78 is 18.5. The van der Waals surface area contributed by atoms with Crippen molar-refractivity contribution in [3.05, 3.63) is 65.5 Å². The lowest BCUT2D eigenvalue weighted by Gasteiger charge is -2.25. The maximum atomic E-state index is 13.3. The molecule has 1 aliphatic rings. The zero-order valence-electron chi connectivity index (χ0n) is 17.3. The lowest BCUT2D eigenvalue weighted by atomic mass is 9.98. The lowest BCUT2D eigenvalue weighted by molar-refractivity contribution is -0.133. The quantitative estimate of drug-likeness (QED) is 0.792. The van der Waals surface area contributed by atoms with Crippen LogP contribution < -0.4 is 10.1 Å². The number of benzene rings is 2. The van der Waals surface area contributed by atoms with Gasteiger partial charge in [-0.05, 0) is 42.3 Å². The van der Waals surface area contributed by atoms with Gasteiger partial charge in [0.2, 0.25) is 0 Å². The highest BCUT2D eigenvalue weighted by Crippen LogP contribution is 2.33. The van der Waals surface area contributed by atoms with Gasteiger partial charge in [-0.25, -0.2) is 14.2 Å². The SMILES string of the molecule is CCNC(=O)N(C)CC(=O)N1N=C(c2ccc(F)cc2)C[C@@H]1c1ccc(OC)cc1. The number of methoxy groups -OCH3 is 1. The Balaban J connectivity index is 1.87. The smallest absolute Gasteiger partial charge is 0.317 e. The van der Waals surface area contributed by atoms with Crippen LogP contribution in [0.25, 0.3) is 0 Å². The largest absolute Gasteiger partial charge is 0.497 e. The molecule has 158 valence electrons. The molecule has 7 nitrogen and oxygen atoms in total. The van der Waals surface area contributed by atoms with Gasteiger partial charge in [0.05, 0.1) is 18.9 Å². The molecule has 0 bridgehead atoms. The van der Waals surface area contributed by atoms with Crippen LogP contribution >= 0.6 is 0 Å². The van der Waals surface area contributed by atoms with Crippen LogP contribution in [0.15, 0.2) is 53.6 Å². The summed E-state index contributed by atoms with van der Waals surface area (Å²) in [5.74, 6) is 0.0764. The third-order valence-electron chi connectivity index (χ3n) is 4.89. The Kier molecular flexibility index (Phi) is 6.66. The first-order chi connectivity index (χ1) is 14.4. The van der Waals surface area contributed by atoms with E-state index in [4.69, 9.17) is 4.74 Å². The summed E-state index contributed by atoms with van der Waals surface area (Å²) in [7, 11) is 3.15. The number of urea groups is 1. The Morgan fingerprint density at radius 3 is 2.47 bits per heavy atom. The molecule has 3 amide bonds. The predicted octanol–water partition coefficient (Wildman–Crippen LogP) is 3.17. The normalized spacial score (nSPS) is 15.5. The zero-order chi connectivity index (χ0) is 21.7. The molecule has 0 spiro atoms. The fraction of sp³-hybridized carbons (Fsp3) is 0.318. The molecular weight excluding hydrogens is 387 g/mol. The van der Waals surface area contributed by atoms with Gasteiger partial charge in [-0.1, -0.05) is 24.3 Å². The number of nitrogens with one attached hydrogen (secondary N) is 1. The van der Waals surface area contributed by atoms with Gasteiger partial charge in [-0.15, -0.1) is 0 Å². The van der Waals surface area contributed by atoms with E-state index in [1.54, 1.807) is 26.3 Å². The number of rotatable bonds is 6. The number of carbonyl (C=O) groups is 2. The molecule has 0 aliphatic carbocycles. The van der Waals surface area contributed by atoms with Gasteiger partial charge in [0.1, 0.15) is 18.1 Å². The van der Waals surface area contributed by atoms with Gasteiger partial charge < -0.3 is 15.0 Å². The molecule has 1 atom stereocenters. The van der Waals surface area contributed by atoms with Crippen molar-refractivity contribution in [2.75, 3.05) is 27.2 Å². The van der Waals surface area contributed by atoms with E-state index in [1.807, 2.05) is 31.2 Å². The first kappa shape index (κ1) is 21.3. The first-order valence-electron chi connectivity index (χ1n) is 9.71. The monoisotopic (exact) mass is 412 g/mol. The molecule has 0 saturated heterocycles. The molecule has 1 N–H and O–H groups in total. The minimum absolute atomic E-state index is 0.112. The van der Waals surface area contributed by atoms with E-state index in [2.05, 4.69) is 10.4 Å². The molecule has 2 aromatic carbocycles. The van der Waals surface area contributed by atoms with Gasteiger partial charge in [0.25, 0.3) is 5.91 Å². The number of hydrogen-bond donors (Lipinski definition) is 1. The third-order valence-corrected chi connectivity index (χ3v) is 4.89. The Labute approximate surface area is 175 Å². The Bertz CT molecular complexity index is 928. The molecule has 1 heterocycles. The van der Waals surface area contributed by atoms with Gasteiger partial charge in [0, 0.05) is 20.0 Å². The number of likely N-dealkylation sites (N-methyl/N-ethyl adjacent to an activating group) is 1. The number of hydrogen-bond acceptors (Lipinski definition) is 4. The second-order valence-electron chi connectivity index (χ2n) is 6.98. The molecule has 8 heteroatoms. The van der Waals surface area contributed by atoms with E-state index >= 15 is 0 Å². The molecule has 0 unspecified atom stereocenters. The lowest BCUT2D eigenvalue weighted by Crippen LogP contribution is -2.43. The van der Waals surface area contributed by atoms with Crippen LogP contribution in [-0.4, -0.2) is 54.8 Å². The molecule has 2 aromatic rings. The fourth-order valence-electron chi connectivity index (χ4n) is 3.28. The molecular formula is C22H25FN4O3. The molecule has 30 heavy (non-hydrogen) atoms. The Morgan fingerprint density at radius 1 is 1.20 bits per heavy atom. The molecule has 0 aromatic heterocycles.